The van der Waals surface area contributed by atoms with Gasteiger partial charge < -0.3 is 4.42 Å². The fourth-order valence-electron chi connectivity index (χ4n) is 2.00. The van der Waals surface area contributed by atoms with Crippen LogP contribution < -0.4 is 10.4 Å². The lowest BCUT2D eigenvalue weighted by atomic mass is 10.2. The van der Waals surface area contributed by atoms with Crippen LogP contribution in [0.25, 0.3) is 6.08 Å². The minimum atomic E-state index is -0.437. The van der Waals surface area contributed by atoms with Gasteiger partial charge in [-0.15, -0.1) is 0 Å². The monoisotopic (exact) mass is 394 g/mol. The van der Waals surface area contributed by atoms with E-state index in [2.05, 4.69) is 28.0 Å². The number of aryl methyl sites for hydroxylation is 1. The smallest absolute Gasteiger partial charge is 0.282 e. The summed E-state index contributed by atoms with van der Waals surface area (Å²) in [5, 5.41) is 1.24. The Morgan fingerprint density at radius 1 is 1.14 bits per heavy atom. The number of halogens is 1. The first-order chi connectivity index (χ1) is 10.0. The molecule has 1 aliphatic heterocycles. The van der Waals surface area contributed by atoms with Gasteiger partial charge in [0.05, 0.1) is 5.69 Å². The van der Waals surface area contributed by atoms with Crippen LogP contribution in [0, 0.1) is 10.5 Å². The van der Waals surface area contributed by atoms with Gasteiger partial charge in [0.15, 0.2) is 0 Å². The molecular formula is C15H11IN2O3. The van der Waals surface area contributed by atoms with Gasteiger partial charge in [-0.3, -0.25) is 15.0 Å². The average molecular weight is 394 g/mol. The summed E-state index contributed by atoms with van der Waals surface area (Å²) in [7, 11) is 0. The largest absolute Gasteiger partial charge is 0.462 e. The number of hydrogen-bond donors (Lipinski definition) is 1. The zero-order chi connectivity index (χ0) is 15.0. The van der Waals surface area contributed by atoms with E-state index in [4.69, 9.17) is 4.42 Å². The normalized spacial score (nSPS) is 16.7. The first-order valence-corrected chi connectivity index (χ1v) is 7.31. The van der Waals surface area contributed by atoms with Crippen LogP contribution in [0.4, 0.5) is 5.69 Å². The van der Waals surface area contributed by atoms with Crippen LogP contribution in [0.1, 0.15) is 11.5 Å². The van der Waals surface area contributed by atoms with Crippen molar-refractivity contribution >= 4 is 46.2 Å². The Kier molecular flexibility index (Phi) is 3.54. The molecule has 1 aliphatic rings. The van der Waals surface area contributed by atoms with Crippen molar-refractivity contribution in [2.24, 2.45) is 0 Å². The highest BCUT2D eigenvalue weighted by Gasteiger charge is 2.34. The number of nitrogens with zero attached hydrogens (tertiary/aromatic N) is 1. The molecule has 1 aromatic heterocycles. The minimum absolute atomic E-state index is 0.0582. The molecule has 5 nitrogen and oxygen atoms in total. The number of nitrogens with one attached hydrogen (secondary N) is 1. The lowest BCUT2D eigenvalue weighted by Gasteiger charge is -2.14. The molecule has 0 spiro atoms. The molecule has 1 aromatic carbocycles. The lowest BCUT2D eigenvalue weighted by Crippen LogP contribution is -2.35. The standard InChI is InChI=1S/C15H11IN2O3/c1-9-2-7-12(21-9)8-13-14(19)17-18(15(13)20)11-5-3-10(16)4-6-11/h2-8H,1H3,(H,17,19)/b13-8-. The Hall–Kier alpha value is -2.09. The van der Waals surface area contributed by atoms with Crippen molar-refractivity contribution in [2.75, 3.05) is 5.01 Å². The molecule has 106 valence electrons. The van der Waals surface area contributed by atoms with Crippen molar-refractivity contribution < 1.29 is 14.0 Å². The number of hydrogen-bond acceptors (Lipinski definition) is 3. The molecule has 2 aromatic rings. The Balaban J connectivity index is 1.92. The second kappa shape index (κ2) is 5.36. The van der Waals surface area contributed by atoms with Gasteiger partial charge in [0.1, 0.15) is 17.1 Å². The third-order valence-electron chi connectivity index (χ3n) is 3.02. The quantitative estimate of drug-likeness (QED) is 0.484. The molecule has 0 atom stereocenters. The first kappa shape index (κ1) is 13.9. The molecule has 0 radical (unpaired) electrons. The summed E-state index contributed by atoms with van der Waals surface area (Å²) in [5.41, 5.74) is 3.23. The van der Waals surface area contributed by atoms with Gasteiger partial charge >= 0.3 is 0 Å². The van der Waals surface area contributed by atoms with E-state index in [9.17, 15) is 9.59 Å². The van der Waals surface area contributed by atoms with E-state index < -0.39 is 11.8 Å². The van der Waals surface area contributed by atoms with E-state index in [1.807, 2.05) is 12.1 Å². The molecule has 0 saturated carbocycles. The van der Waals surface area contributed by atoms with Gasteiger partial charge in [-0.25, -0.2) is 5.01 Å². The van der Waals surface area contributed by atoms with Crippen molar-refractivity contribution in [1.82, 2.24) is 5.43 Å². The highest BCUT2D eigenvalue weighted by molar-refractivity contribution is 14.1. The summed E-state index contributed by atoms with van der Waals surface area (Å²) in [5.74, 6) is 0.375. The van der Waals surface area contributed by atoms with Crippen molar-refractivity contribution in [1.29, 1.82) is 0 Å². The Morgan fingerprint density at radius 2 is 1.86 bits per heavy atom. The van der Waals surface area contributed by atoms with Crippen LogP contribution in [-0.4, -0.2) is 11.8 Å². The minimum Gasteiger partial charge on any atom is -0.462 e. The zero-order valence-electron chi connectivity index (χ0n) is 11.1. The Bertz CT molecular complexity index is 747. The molecule has 1 fully saturated rings. The summed E-state index contributed by atoms with van der Waals surface area (Å²) in [6.07, 6.45) is 1.46. The Labute approximate surface area is 134 Å². The average Bonchev–Trinajstić information content (AvgIpc) is 2.98. The first-order valence-electron chi connectivity index (χ1n) is 6.24. The molecule has 1 N–H and O–H groups in total. The predicted octanol–water partition coefficient (Wildman–Crippen LogP) is 2.65. The number of furan rings is 1. The number of anilines is 1. The molecule has 0 bridgehead atoms. The molecule has 0 unspecified atom stereocenters. The van der Waals surface area contributed by atoms with Crippen LogP contribution in [0.5, 0.6) is 0 Å². The number of amides is 2. The molecule has 2 amide bonds. The van der Waals surface area contributed by atoms with Gasteiger partial charge in [-0.1, -0.05) is 0 Å². The lowest BCUT2D eigenvalue weighted by molar-refractivity contribution is -0.117. The van der Waals surface area contributed by atoms with Gasteiger partial charge in [0, 0.05) is 3.57 Å². The third kappa shape index (κ3) is 2.71. The molecular weight excluding hydrogens is 383 g/mol. The number of rotatable bonds is 2. The van der Waals surface area contributed by atoms with Gasteiger partial charge in [0.25, 0.3) is 11.8 Å². The molecule has 6 heteroatoms. The van der Waals surface area contributed by atoms with Crippen LogP contribution >= 0.6 is 22.6 Å². The van der Waals surface area contributed by atoms with Crippen molar-refractivity contribution in [3.05, 3.63) is 57.1 Å². The predicted molar refractivity (Wildman–Crippen MR) is 86.2 cm³/mol. The van der Waals surface area contributed by atoms with Crippen molar-refractivity contribution in [3.63, 3.8) is 0 Å². The van der Waals surface area contributed by atoms with Crippen LogP contribution in [0.2, 0.25) is 0 Å². The summed E-state index contributed by atoms with van der Waals surface area (Å²) in [6.45, 7) is 1.80. The molecule has 1 saturated heterocycles. The topological polar surface area (TPSA) is 62.6 Å². The van der Waals surface area contributed by atoms with E-state index >= 15 is 0 Å². The number of carbonyl (C=O) groups excluding carboxylic acids is 2. The SMILES string of the molecule is Cc1ccc(/C=C2/C(=O)NN(c3ccc(I)cc3)C2=O)o1. The van der Waals surface area contributed by atoms with E-state index in [1.165, 1.54) is 11.1 Å². The Morgan fingerprint density at radius 3 is 2.48 bits per heavy atom. The van der Waals surface area contributed by atoms with Crippen molar-refractivity contribution in [3.8, 4) is 0 Å². The van der Waals surface area contributed by atoms with Crippen molar-refractivity contribution in [2.45, 2.75) is 6.92 Å². The van der Waals surface area contributed by atoms with E-state index in [0.29, 0.717) is 11.4 Å². The maximum atomic E-state index is 12.3. The molecule has 21 heavy (non-hydrogen) atoms. The zero-order valence-corrected chi connectivity index (χ0v) is 13.2. The molecule has 2 heterocycles. The van der Waals surface area contributed by atoms with Crippen LogP contribution in [-0.2, 0) is 9.59 Å². The molecule has 3 rings (SSSR count). The van der Waals surface area contributed by atoms with Crippen LogP contribution in [0.15, 0.2) is 46.4 Å². The number of benzene rings is 1. The maximum absolute atomic E-state index is 12.3. The fraction of sp³-hybridized carbons (Fsp3) is 0.0667. The van der Waals surface area contributed by atoms with E-state index in [0.717, 1.165) is 9.33 Å². The summed E-state index contributed by atoms with van der Waals surface area (Å²) < 4.78 is 6.42. The highest BCUT2D eigenvalue weighted by atomic mass is 127. The molecule has 0 aliphatic carbocycles. The van der Waals surface area contributed by atoms with Gasteiger partial charge in [0.2, 0.25) is 0 Å². The summed E-state index contributed by atoms with van der Waals surface area (Å²) >= 11 is 2.18. The summed E-state index contributed by atoms with van der Waals surface area (Å²) in [6, 6.07) is 10.8. The van der Waals surface area contributed by atoms with Gasteiger partial charge in [-0.05, 0) is 72.0 Å². The van der Waals surface area contributed by atoms with E-state index in [-0.39, 0.29) is 5.57 Å². The summed E-state index contributed by atoms with van der Waals surface area (Å²) in [4.78, 5) is 24.3. The van der Waals surface area contributed by atoms with Crippen LogP contribution in [0.3, 0.4) is 0 Å². The second-order valence-corrected chi connectivity index (χ2v) is 5.81. The maximum Gasteiger partial charge on any atom is 0.282 e. The third-order valence-corrected chi connectivity index (χ3v) is 3.74. The number of hydrazine groups is 1. The van der Waals surface area contributed by atoms with Gasteiger partial charge in [-0.2, -0.15) is 0 Å². The second-order valence-electron chi connectivity index (χ2n) is 4.56. The number of carbonyl (C=O) groups is 2. The fourth-order valence-corrected chi connectivity index (χ4v) is 2.36. The van der Waals surface area contributed by atoms with E-state index in [1.54, 1.807) is 31.2 Å². The highest BCUT2D eigenvalue weighted by Crippen LogP contribution is 2.22.